The molecule has 2 aromatic carbocycles. The molecule has 0 amide bonds. The molecular formula is C16H18N2O3S. The number of ether oxygens (including phenoxy) is 1. The molecule has 6 heteroatoms. The van der Waals surface area contributed by atoms with Gasteiger partial charge in [0.05, 0.1) is 29.4 Å². The molecule has 0 saturated heterocycles. The number of hydrogen-bond donors (Lipinski definition) is 1. The molecule has 1 heterocycles. The zero-order valence-electron chi connectivity index (χ0n) is 12.3. The van der Waals surface area contributed by atoms with Crippen molar-refractivity contribution in [3.05, 3.63) is 48.5 Å². The maximum atomic E-state index is 12.9. The number of nitrogens with zero attached hydrogens (tertiary/aromatic N) is 1. The average molecular weight is 318 g/mol. The Morgan fingerprint density at radius 2 is 1.86 bits per heavy atom. The SMILES string of the molecule is CCOc1ccc(S(=O)(=O)N2CCNc3ccccc32)cc1. The molecule has 1 N–H and O–H groups in total. The second-order valence-corrected chi connectivity index (χ2v) is 6.79. The molecule has 22 heavy (non-hydrogen) atoms. The Labute approximate surface area is 130 Å². The summed E-state index contributed by atoms with van der Waals surface area (Å²) in [5.41, 5.74) is 1.52. The van der Waals surface area contributed by atoms with Crippen LogP contribution < -0.4 is 14.4 Å². The first kappa shape index (κ1) is 14.7. The summed E-state index contributed by atoms with van der Waals surface area (Å²) < 4.78 is 32.6. The van der Waals surface area contributed by atoms with Gasteiger partial charge in [-0.1, -0.05) is 12.1 Å². The van der Waals surface area contributed by atoms with Crippen molar-refractivity contribution in [2.24, 2.45) is 0 Å². The van der Waals surface area contributed by atoms with Crippen molar-refractivity contribution in [1.82, 2.24) is 0 Å². The lowest BCUT2D eigenvalue weighted by Crippen LogP contribution is -2.38. The summed E-state index contributed by atoms with van der Waals surface area (Å²) in [4.78, 5) is 0.271. The van der Waals surface area contributed by atoms with E-state index >= 15 is 0 Å². The molecule has 0 spiro atoms. The maximum absolute atomic E-state index is 12.9. The van der Waals surface area contributed by atoms with Crippen LogP contribution in [0.15, 0.2) is 53.4 Å². The molecule has 1 aliphatic heterocycles. The summed E-state index contributed by atoms with van der Waals surface area (Å²) in [5.74, 6) is 0.669. The van der Waals surface area contributed by atoms with Gasteiger partial charge < -0.3 is 10.1 Å². The normalized spacial score (nSPS) is 14.1. The minimum Gasteiger partial charge on any atom is -0.494 e. The summed E-state index contributed by atoms with van der Waals surface area (Å²) in [7, 11) is -3.57. The predicted octanol–water partition coefficient (Wildman–Crippen LogP) is 2.71. The Balaban J connectivity index is 1.97. The Morgan fingerprint density at radius 3 is 2.59 bits per heavy atom. The number of para-hydroxylation sites is 2. The first-order valence-electron chi connectivity index (χ1n) is 7.21. The van der Waals surface area contributed by atoms with Gasteiger partial charge in [0.15, 0.2) is 0 Å². The topological polar surface area (TPSA) is 58.6 Å². The highest BCUT2D eigenvalue weighted by Crippen LogP contribution is 2.33. The molecule has 0 aliphatic carbocycles. The molecule has 0 atom stereocenters. The average Bonchev–Trinajstić information content (AvgIpc) is 2.55. The van der Waals surface area contributed by atoms with Gasteiger partial charge in [0.2, 0.25) is 0 Å². The monoisotopic (exact) mass is 318 g/mol. The Bertz CT molecular complexity index is 757. The Hall–Kier alpha value is -2.21. The Kier molecular flexibility index (Phi) is 3.94. The van der Waals surface area contributed by atoms with Crippen molar-refractivity contribution >= 4 is 21.4 Å². The van der Waals surface area contributed by atoms with Gasteiger partial charge in [-0.2, -0.15) is 0 Å². The van der Waals surface area contributed by atoms with Crippen LogP contribution in [0.3, 0.4) is 0 Å². The van der Waals surface area contributed by atoms with E-state index in [4.69, 9.17) is 4.74 Å². The lowest BCUT2D eigenvalue weighted by Gasteiger charge is -2.31. The lowest BCUT2D eigenvalue weighted by atomic mass is 10.2. The Morgan fingerprint density at radius 1 is 1.14 bits per heavy atom. The number of hydrogen-bond acceptors (Lipinski definition) is 4. The van der Waals surface area contributed by atoms with Crippen LogP contribution in [0.25, 0.3) is 0 Å². The maximum Gasteiger partial charge on any atom is 0.264 e. The molecule has 0 radical (unpaired) electrons. The summed E-state index contributed by atoms with van der Waals surface area (Å²) in [6, 6.07) is 14.0. The lowest BCUT2D eigenvalue weighted by molar-refractivity contribution is 0.340. The van der Waals surface area contributed by atoms with E-state index in [0.29, 0.717) is 31.1 Å². The largest absolute Gasteiger partial charge is 0.494 e. The van der Waals surface area contributed by atoms with Crippen molar-refractivity contribution in [2.45, 2.75) is 11.8 Å². The van der Waals surface area contributed by atoms with Gasteiger partial charge in [-0.25, -0.2) is 8.42 Å². The fourth-order valence-electron chi connectivity index (χ4n) is 2.50. The van der Waals surface area contributed by atoms with E-state index in [1.807, 2.05) is 31.2 Å². The van der Waals surface area contributed by atoms with E-state index in [1.54, 1.807) is 24.3 Å². The fourth-order valence-corrected chi connectivity index (χ4v) is 3.99. The molecule has 0 saturated carbocycles. The van der Waals surface area contributed by atoms with E-state index in [2.05, 4.69) is 5.32 Å². The van der Waals surface area contributed by atoms with Crippen molar-refractivity contribution < 1.29 is 13.2 Å². The first-order valence-corrected chi connectivity index (χ1v) is 8.65. The third-order valence-corrected chi connectivity index (χ3v) is 5.35. The fraction of sp³-hybridized carbons (Fsp3) is 0.250. The number of sulfonamides is 1. The molecule has 116 valence electrons. The standard InChI is InChI=1S/C16H18N2O3S/c1-2-21-13-7-9-14(10-8-13)22(19,20)18-12-11-17-15-5-3-4-6-16(15)18/h3-10,17H,2,11-12H2,1H3. The van der Waals surface area contributed by atoms with Gasteiger partial charge in [-0.3, -0.25) is 4.31 Å². The number of fused-ring (bicyclic) bond motifs is 1. The van der Waals surface area contributed by atoms with Crippen LogP contribution in [0.1, 0.15) is 6.92 Å². The summed E-state index contributed by atoms with van der Waals surface area (Å²) >= 11 is 0. The molecule has 2 aromatic rings. The molecule has 5 nitrogen and oxygen atoms in total. The third kappa shape index (κ3) is 2.62. The molecule has 1 aliphatic rings. The minimum absolute atomic E-state index is 0.271. The first-order chi connectivity index (χ1) is 10.6. The van der Waals surface area contributed by atoms with Crippen LogP contribution in [0.2, 0.25) is 0 Å². The molecular weight excluding hydrogens is 300 g/mol. The van der Waals surface area contributed by atoms with Crippen LogP contribution in [0.5, 0.6) is 5.75 Å². The second-order valence-electron chi connectivity index (χ2n) is 4.93. The van der Waals surface area contributed by atoms with Gasteiger partial charge in [0, 0.05) is 6.54 Å². The van der Waals surface area contributed by atoms with Crippen molar-refractivity contribution in [3.63, 3.8) is 0 Å². The van der Waals surface area contributed by atoms with Gasteiger partial charge >= 0.3 is 0 Å². The van der Waals surface area contributed by atoms with Gasteiger partial charge in [-0.15, -0.1) is 0 Å². The minimum atomic E-state index is -3.57. The molecule has 0 fully saturated rings. The van der Waals surface area contributed by atoms with Crippen molar-refractivity contribution in [3.8, 4) is 5.75 Å². The van der Waals surface area contributed by atoms with Crippen LogP contribution in [0.4, 0.5) is 11.4 Å². The zero-order chi connectivity index (χ0) is 15.6. The second kappa shape index (κ2) is 5.88. The number of benzene rings is 2. The summed E-state index contributed by atoms with van der Waals surface area (Å²) in [5, 5.41) is 3.22. The van der Waals surface area contributed by atoms with Crippen molar-refractivity contribution in [1.29, 1.82) is 0 Å². The van der Waals surface area contributed by atoms with E-state index in [1.165, 1.54) is 4.31 Å². The quantitative estimate of drug-likeness (QED) is 0.941. The van der Waals surface area contributed by atoms with Gasteiger partial charge in [0.1, 0.15) is 5.75 Å². The van der Waals surface area contributed by atoms with E-state index in [0.717, 1.165) is 5.69 Å². The van der Waals surface area contributed by atoms with Crippen LogP contribution in [-0.4, -0.2) is 28.1 Å². The zero-order valence-corrected chi connectivity index (χ0v) is 13.1. The van der Waals surface area contributed by atoms with Crippen LogP contribution >= 0.6 is 0 Å². The summed E-state index contributed by atoms with van der Waals surface area (Å²) in [6.07, 6.45) is 0. The highest BCUT2D eigenvalue weighted by molar-refractivity contribution is 7.92. The highest BCUT2D eigenvalue weighted by atomic mass is 32.2. The number of anilines is 2. The van der Waals surface area contributed by atoms with Crippen LogP contribution in [0, 0.1) is 0 Å². The van der Waals surface area contributed by atoms with Gasteiger partial charge in [0.25, 0.3) is 10.0 Å². The molecule has 0 bridgehead atoms. The molecule has 0 aromatic heterocycles. The highest BCUT2D eigenvalue weighted by Gasteiger charge is 2.28. The van der Waals surface area contributed by atoms with Gasteiger partial charge in [-0.05, 0) is 43.3 Å². The smallest absolute Gasteiger partial charge is 0.264 e. The van der Waals surface area contributed by atoms with E-state index < -0.39 is 10.0 Å². The number of rotatable bonds is 4. The summed E-state index contributed by atoms with van der Waals surface area (Å²) in [6.45, 7) is 3.44. The molecule has 3 rings (SSSR count). The van der Waals surface area contributed by atoms with E-state index in [9.17, 15) is 8.42 Å². The van der Waals surface area contributed by atoms with Crippen LogP contribution in [-0.2, 0) is 10.0 Å². The van der Waals surface area contributed by atoms with Crippen molar-refractivity contribution in [2.75, 3.05) is 29.3 Å². The van der Waals surface area contributed by atoms with E-state index in [-0.39, 0.29) is 4.90 Å². The number of nitrogens with one attached hydrogen (secondary N) is 1. The molecule has 0 unspecified atom stereocenters. The predicted molar refractivity (Wildman–Crippen MR) is 87.1 cm³/mol. The third-order valence-electron chi connectivity index (χ3n) is 3.53.